The average Bonchev–Trinajstić information content (AvgIpc) is 2.37. The molecule has 0 amide bonds. The summed E-state index contributed by atoms with van der Waals surface area (Å²) in [5.74, 6) is 3.47. The van der Waals surface area contributed by atoms with Gasteiger partial charge in [0, 0.05) is 12.1 Å². The highest BCUT2D eigenvalue weighted by Crippen LogP contribution is 2.41. The van der Waals surface area contributed by atoms with E-state index >= 15 is 0 Å². The molecule has 2 aliphatic rings. The first-order valence-corrected chi connectivity index (χ1v) is 8.42. The van der Waals surface area contributed by atoms with Gasteiger partial charge < -0.3 is 5.73 Å². The monoisotopic (exact) mass is 266 g/mol. The molecule has 2 atom stereocenters. The second kappa shape index (κ2) is 6.13. The molecule has 2 N–H and O–H groups in total. The molecule has 1 aliphatic heterocycles. The second-order valence-corrected chi connectivity index (χ2v) is 7.85. The van der Waals surface area contributed by atoms with Crippen molar-refractivity contribution in [2.24, 2.45) is 29.4 Å². The van der Waals surface area contributed by atoms with E-state index < -0.39 is 0 Å². The number of likely N-dealkylation sites (tertiary alicyclic amines) is 1. The van der Waals surface area contributed by atoms with Crippen LogP contribution in [0.3, 0.4) is 0 Å². The fourth-order valence-corrected chi connectivity index (χ4v) is 4.83. The first-order chi connectivity index (χ1) is 8.97. The van der Waals surface area contributed by atoms with Crippen molar-refractivity contribution >= 4 is 0 Å². The van der Waals surface area contributed by atoms with Crippen molar-refractivity contribution in [3.8, 4) is 0 Å². The predicted molar refractivity (Wildman–Crippen MR) is 83.1 cm³/mol. The molecule has 1 heterocycles. The highest BCUT2D eigenvalue weighted by atomic mass is 15.2. The molecule has 0 aromatic carbocycles. The summed E-state index contributed by atoms with van der Waals surface area (Å²) in [6.07, 6.45) is 6.79. The van der Waals surface area contributed by atoms with E-state index in [-0.39, 0.29) is 0 Å². The Morgan fingerprint density at radius 1 is 1.11 bits per heavy atom. The largest absolute Gasteiger partial charge is 0.329 e. The zero-order valence-electron chi connectivity index (χ0n) is 13.5. The molecule has 2 heteroatoms. The van der Waals surface area contributed by atoms with E-state index in [1.807, 2.05) is 0 Å². The Morgan fingerprint density at radius 2 is 1.63 bits per heavy atom. The van der Waals surface area contributed by atoms with Crippen LogP contribution in [0, 0.1) is 23.7 Å². The summed E-state index contributed by atoms with van der Waals surface area (Å²) < 4.78 is 0. The lowest BCUT2D eigenvalue weighted by Gasteiger charge is -2.52. The lowest BCUT2D eigenvalue weighted by Crippen LogP contribution is -2.59. The quantitative estimate of drug-likeness (QED) is 0.847. The SMILES string of the molecule is CC1CC(C)CC(CN)(N2CCC(C(C)C)CC2)C1. The fraction of sp³-hybridized carbons (Fsp3) is 1.00. The van der Waals surface area contributed by atoms with E-state index in [4.69, 9.17) is 5.73 Å². The molecular weight excluding hydrogens is 232 g/mol. The average molecular weight is 266 g/mol. The second-order valence-electron chi connectivity index (χ2n) is 7.85. The fourth-order valence-electron chi connectivity index (χ4n) is 4.83. The molecule has 2 unspecified atom stereocenters. The third-order valence-electron chi connectivity index (χ3n) is 5.79. The summed E-state index contributed by atoms with van der Waals surface area (Å²) in [5.41, 5.74) is 6.56. The van der Waals surface area contributed by atoms with E-state index in [0.29, 0.717) is 5.54 Å². The molecular formula is C17H34N2. The minimum Gasteiger partial charge on any atom is -0.329 e. The predicted octanol–water partition coefficient (Wildman–Crippen LogP) is 3.51. The van der Waals surface area contributed by atoms with Crippen molar-refractivity contribution in [1.29, 1.82) is 0 Å². The summed E-state index contributed by atoms with van der Waals surface area (Å²) in [7, 11) is 0. The van der Waals surface area contributed by atoms with Crippen LogP contribution in [-0.4, -0.2) is 30.1 Å². The normalized spacial score (nSPS) is 38.8. The van der Waals surface area contributed by atoms with Gasteiger partial charge in [-0.05, 0) is 68.9 Å². The molecule has 0 spiro atoms. The van der Waals surface area contributed by atoms with Crippen molar-refractivity contribution in [2.45, 2.75) is 65.3 Å². The van der Waals surface area contributed by atoms with Crippen LogP contribution >= 0.6 is 0 Å². The Bertz CT molecular complexity index is 269. The van der Waals surface area contributed by atoms with E-state index in [0.717, 1.165) is 30.2 Å². The van der Waals surface area contributed by atoms with Crippen LogP contribution in [0.5, 0.6) is 0 Å². The molecule has 2 rings (SSSR count). The summed E-state index contributed by atoms with van der Waals surface area (Å²) in [5, 5.41) is 0. The minimum atomic E-state index is 0.318. The summed E-state index contributed by atoms with van der Waals surface area (Å²) in [6.45, 7) is 13.0. The van der Waals surface area contributed by atoms with Gasteiger partial charge in [-0.15, -0.1) is 0 Å². The van der Waals surface area contributed by atoms with Crippen molar-refractivity contribution in [3.05, 3.63) is 0 Å². The molecule has 0 radical (unpaired) electrons. The molecule has 2 nitrogen and oxygen atoms in total. The lowest BCUT2D eigenvalue weighted by atomic mass is 9.69. The molecule has 1 saturated heterocycles. The number of hydrogen-bond acceptors (Lipinski definition) is 2. The van der Waals surface area contributed by atoms with Gasteiger partial charge in [-0.25, -0.2) is 0 Å². The van der Waals surface area contributed by atoms with Crippen LogP contribution in [0.2, 0.25) is 0 Å². The Labute approximate surface area is 120 Å². The van der Waals surface area contributed by atoms with Gasteiger partial charge in [0.1, 0.15) is 0 Å². The van der Waals surface area contributed by atoms with Crippen molar-refractivity contribution in [1.82, 2.24) is 4.90 Å². The first-order valence-electron chi connectivity index (χ1n) is 8.42. The Hall–Kier alpha value is -0.0800. The van der Waals surface area contributed by atoms with Crippen molar-refractivity contribution in [3.63, 3.8) is 0 Å². The number of nitrogens with zero attached hydrogens (tertiary/aromatic N) is 1. The summed E-state index contributed by atoms with van der Waals surface area (Å²) >= 11 is 0. The van der Waals surface area contributed by atoms with E-state index in [9.17, 15) is 0 Å². The van der Waals surface area contributed by atoms with Gasteiger partial charge in [0.25, 0.3) is 0 Å². The zero-order chi connectivity index (χ0) is 14.0. The molecule has 2 fully saturated rings. The van der Waals surface area contributed by atoms with Crippen LogP contribution in [-0.2, 0) is 0 Å². The van der Waals surface area contributed by atoms with Crippen molar-refractivity contribution < 1.29 is 0 Å². The maximum Gasteiger partial charge on any atom is 0.0336 e. The van der Waals surface area contributed by atoms with Gasteiger partial charge in [0.05, 0.1) is 0 Å². The highest BCUT2D eigenvalue weighted by Gasteiger charge is 2.42. The van der Waals surface area contributed by atoms with E-state index in [1.54, 1.807) is 0 Å². The molecule has 1 aliphatic carbocycles. The van der Waals surface area contributed by atoms with E-state index in [2.05, 4.69) is 32.6 Å². The number of piperidine rings is 1. The maximum atomic E-state index is 6.25. The molecule has 19 heavy (non-hydrogen) atoms. The summed E-state index contributed by atoms with van der Waals surface area (Å²) in [6, 6.07) is 0. The van der Waals surface area contributed by atoms with Crippen LogP contribution in [0.25, 0.3) is 0 Å². The van der Waals surface area contributed by atoms with Gasteiger partial charge >= 0.3 is 0 Å². The minimum absolute atomic E-state index is 0.318. The third kappa shape index (κ3) is 3.33. The number of rotatable bonds is 3. The highest BCUT2D eigenvalue weighted by molar-refractivity contribution is 4.99. The summed E-state index contributed by atoms with van der Waals surface area (Å²) in [4.78, 5) is 2.76. The van der Waals surface area contributed by atoms with Gasteiger partial charge in [-0.2, -0.15) is 0 Å². The molecule has 0 aromatic rings. The number of hydrogen-bond donors (Lipinski definition) is 1. The van der Waals surface area contributed by atoms with Gasteiger partial charge in [-0.3, -0.25) is 4.90 Å². The van der Waals surface area contributed by atoms with E-state index in [1.165, 1.54) is 45.2 Å². The lowest BCUT2D eigenvalue weighted by molar-refractivity contribution is -0.00767. The molecule has 0 aromatic heterocycles. The maximum absolute atomic E-state index is 6.25. The number of nitrogens with two attached hydrogens (primary N) is 1. The molecule has 1 saturated carbocycles. The van der Waals surface area contributed by atoms with Gasteiger partial charge in [0.2, 0.25) is 0 Å². The molecule has 0 bridgehead atoms. The Morgan fingerprint density at radius 3 is 2.05 bits per heavy atom. The van der Waals surface area contributed by atoms with Gasteiger partial charge in [0.15, 0.2) is 0 Å². The van der Waals surface area contributed by atoms with Gasteiger partial charge in [-0.1, -0.05) is 27.7 Å². The van der Waals surface area contributed by atoms with Crippen LogP contribution in [0.15, 0.2) is 0 Å². The topological polar surface area (TPSA) is 29.3 Å². The Balaban J connectivity index is 2.02. The zero-order valence-corrected chi connectivity index (χ0v) is 13.5. The van der Waals surface area contributed by atoms with Crippen LogP contribution in [0.1, 0.15) is 59.8 Å². The standard InChI is InChI=1S/C17H34N2/c1-13(2)16-5-7-19(8-6-16)17(12-18)10-14(3)9-15(4)11-17/h13-16H,5-12,18H2,1-4H3. The Kier molecular flexibility index (Phi) is 4.94. The van der Waals surface area contributed by atoms with Crippen molar-refractivity contribution in [2.75, 3.05) is 19.6 Å². The first kappa shape index (κ1) is 15.3. The van der Waals surface area contributed by atoms with Crippen LogP contribution < -0.4 is 5.73 Å². The van der Waals surface area contributed by atoms with Crippen LogP contribution in [0.4, 0.5) is 0 Å². The smallest absolute Gasteiger partial charge is 0.0336 e. The third-order valence-corrected chi connectivity index (χ3v) is 5.79. The molecule has 112 valence electrons.